The lowest BCUT2D eigenvalue weighted by atomic mass is 10.1. The van der Waals surface area contributed by atoms with Gasteiger partial charge in [0.05, 0.1) is 10.8 Å². The van der Waals surface area contributed by atoms with Crippen molar-refractivity contribution >= 4 is 16.6 Å². The first-order valence-electron chi connectivity index (χ1n) is 8.02. The SMILES string of the molecule is O=[S@@](CCN[C@@H]1CCCN(c2cccnn2)C1)c1ccccc1. The van der Waals surface area contributed by atoms with Gasteiger partial charge in [-0.1, -0.05) is 18.2 Å². The van der Waals surface area contributed by atoms with Crippen molar-refractivity contribution in [3.8, 4) is 0 Å². The molecular weight excluding hydrogens is 308 g/mol. The topological polar surface area (TPSA) is 58.1 Å². The molecule has 0 bridgehead atoms. The average Bonchev–Trinajstić information content (AvgIpc) is 2.63. The van der Waals surface area contributed by atoms with Gasteiger partial charge in [0.2, 0.25) is 0 Å². The molecule has 2 aromatic rings. The van der Waals surface area contributed by atoms with Gasteiger partial charge in [-0.2, -0.15) is 5.10 Å². The molecule has 0 amide bonds. The van der Waals surface area contributed by atoms with Crippen LogP contribution in [0.4, 0.5) is 5.82 Å². The molecule has 0 saturated carbocycles. The van der Waals surface area contributed by atoms with Gasteiger partial charge in [0, 0.05) is 42.5 Å². The highest BCUT2D eigenvalue weighted by molar-refractivity contribution is 7.85. The van der Waals surface area contributed by atoms with E-state index in [1.54, 1.807) is 6.20 Å². The number of rotatable bonds is 6. The summed E-state index contributed by atoms with van der Waals surface area (Å²) >= 11 is 0. The van der Waals surface area contributed by atoms with Crippen LogP contribution in [0, 0.1) is 0 Å². The molecule has 3 rings (SSSR count). The summed E-state index contributed by atoms with van der Waals surface area (Å²) in [6.45, 7) is 2.71. The van der Waals surface area contributed by atoms with Crippen LogP contribution < -0.4 is 10.2 Å². The van der Waals surface area contributed by atoms with Crippen molar-refractivity contribution in [3.63, 3.8) is 0 Å². The lowest BCUT2D eigenvalue weighted by Gasteiger charge is -2.33. The van der Waals surface area contributed by atoms with E-state index >= 15 is 0 Å². The summed E-state index contributed by atoms with van der Waals surface area (Å²) in [5.74, 6) is 1.58. The Morgan fingerprint density at radius 1 is 1.22 bits per heavy atom. The Morgan fingerprint density at radius 2 is 2.09 bits per heavy atom. The largest absolute Gasteiger partial charge is 0.354 e. The molecular formula is C17H22N4OS. The second-order valence-electron chi connectivity index (χ2n) is 5.68. The molecule has 1 aliphatic heterocycles. The molecule has 1 aliphatic rings. The predicted octanol–water partition coefficient (Wildman–Crippen LogP) is 1.84. The summed E-state index contributed by atoms with van der Waals surface area (Å²) in [5.41, 5.74) is 0. The van der Waals surface area contributed by atoms with Crippen LogP contribution in [0.5, 0.6) is 0 Å². The molecule has 1 aromatic heterocycles. The zero-order chi connectivity index (χ0) is 15.9. The van der Waals surface area contributed by atoms with Gasteiger partial charge >= 0.3 is 0 Å². The van der Waals surface area contributed by atoms with E-state index in [4.69, 9.17) is 0 Å². The minimum Gasteiger partial charge on any atom is -0.354 e. The van der Waals surface area contributed by atoms with Gasteiger partial charge in [0.15, 0.2) is 5.82 Å². The van der Waals surface area contributed by atoms with Gasteiger partial charge in [-0.3, -0.25) is 4.21 Å². The first-order valence-corrected chi connectivity index (χ1v) is 9.34. The maximum Gasteiger partial charge on any atom is 0.151 e. The normalized spacial score (nSPS) is 19.5. The average molecular weight is 330 g/mol. The van der Waals surface area contributed by atoms with Gasteiger partial charge in [-0.15, -0.1) is 5.10 Å². The molecule has 6 heteroatoms. The van der Waals surface area contributed by atoms with E-state index in [0.717, 1.165) is 43.2 Å². The van der Waals surface area contributed by atoms with Crippen LogP contribution in [0.1, 0.15) is 12.8 Å². The van der Waals surface area contributed by atoms with E-state index in [1.165, 1.54) is 0 Å². The molecule has 0 radical (unpaired) electrons. The van der Waals surface area contributed by atoms with Crippen molar-refractivity contribution in [1.82, 2.24) is 15.5 Å². The number of nitrogens with one attached hydrogen (secondary N) is 1. The molecule has 0 unspecified atom stereocenters. The highest BCUT2D eigenvalue weighted by atomic mass is 32.2. The predicted molar refractivity (Wildman–Crippen MR) is 93.0 cm³/mol. The Hall–Kier alpha value is -1.79. The third-order valence-electron chi connectivity index (χ3n) is 4.03. The van der Waals surface area contributed by atoms with Crippen LogP contribution in [0.15, 0.2) is 53.6 Å². The molecule has 1 fully saturated rings. The number of benzene rings is 1. The summed E-state index contributed by atoms with van der Waals surface area (Å²) in [6, 6.07) is 14.0. The van der Waals surface area contributed by atoms with Gasteiger partial charge in [0.25, 0.3) is 0 Å². The minimum atomic E-state index is -0.931. The van der Waals surface area contributed by atoms with Crippen molar-refractivity contribution in [2.24, 2.45) is 0 Å². The molecule has 5 nitrogen and oxygen atoms in total. The van der Waals surface area contributed by atoms with E-state index in [2.05, 4.69) is 20.4 Å². The quantitative estimate of drug-likeness (QED) is 0.876. The monoisotopic (exact) mass is 330 g/mol. The second kappa shape index (κ2) is 8.17. The highest BCUT2D eigenvalue weighted by Crippen LogP contribution is 2.16. The number of hydrogen-bond donors (Lipinski definition) is 1. The zero-order valence-corrected chi connectivity index (χ0v) is 13.9. The van der Waals surface area contributed by atoms with Crippen molar-refractivity contribution in [3.05, 3.63) is 48.7 Å². The maximum atomic E-state index is 12.2. The molecule has 122 valence electrons. The van der Waals surface area contributed by atoms with Crippen molar-refractivity contribution in [2.45, 2.75) is 23.8 Å². The van der Waals surface area contributed by atoms with E-state index < -0.39 is 10.8 Å². The minimum absolute atomic E-state index is 0.415. The molecule has 1 N–H and O–H groups in total. The van der Waals surface area contributed by atoms with Crippen molar-refractivity contribution < 1.29 is 4.21 Å². The van der Waals surface area contributed by atoms with Crippen LogP contribution in [0.3, 0.4) is 0 Å². The van der Waals surface area contributed by atoms with Crippen LogP contribution in [0.25, 0.3) is 0 Å². The fourth-order valence-corrected chi connectivity index (χ4v) is 3.86. The second-order valence-corrected chi connectivity index (χ2v) is 7.25. The van der Waals surface area contributed by atoms with Crippen LogP contribution in [0.2, 0.25) is 0 Å². The lowest BCUT2D eigenvalue weighted by molar-refractivity contribution is 0.429. The first kappa shape index (κ1) is 16.1. The third-order valence-corrected chi connectivity index (χ3v) is 5.40. The summed E-state index contributed by atoms with van der Waals surface area (Å²) in [6.07, 6.45) is 3.98. The third kappa shape index (κ3) is 4.59. The van der Waals surface area contributed by atoms with Crippen LogP contribution >= 0.6 is 0 Å². The van der Waals surface area contributed by atoms with Gasteiger partial charge in [0.1, 0.15) is 0 Å². The van der Waals surface area contributed by atoms with Gasteiger partial charge < -0.3 is 10.2 Å². The summed E-state index contributed by atoms with van der Waals surface area (Å²) in [7, 11) is -0.931. The Kier molecular flexibility index (Phi) is 5.71. The Morgan fingerprint density at radius 3 is 2.87 bits per heavy atom. The molecule has 1 aromatic carbocycles. The van der Waals surface area contributed by atoms with Crippen molar-refractivity contribution in [1.29, 1.82) is 0 Å². The fourth-order valence-electron chi connectivity index (χ4n) is 2.86. The molecule has 0 spiro atoms. The van der Waals surface area contributed by atoms with E-state index in [9.17, 15) is 4.21 Å². The summed E-state index contributed by atoms with van der Waals surface area (Å²) < 4.78 is 12.2. The van der Waals surface area contributed by atoms with Crippen LogP contribution in [-0.2, 0) is 10.8 Å². The number of hydrogen-bond acceptors (Lipinski definition) is 5. The number of piperidine rings is 1. The molecule has 0 aliphatic carbocycles. The number of anilines is 1. The Balaban J connectivity index is 1.46. The summed E-state index contributed by atoms with van der Waals surface area (Å²) in [4.78, 5) is 3.17. The van der Waals surface area contributed by atoms with Gasteiger partial charge in [-0.05, 0) is 37.1 Å². The van der Waals surface area contributed by atoms with E-state index in [-0.39, 0.29) is 0 Å². The molecule has 2 atom stereocenters. The standard InChI is InChI=1S/C17H22N4OS/c22-23(16-7-2-1-3-8-16)13-11-18-15-6-5-12-21(14-15)17-9-4-10-19-20-17/h1-4,7-10,15,18H,5-6,11-14H2/t15-,23+/m1/s1. The Labute approximate surface area is 139 Å². The molecule has 2 heterocycles. The zero-order valence-electron chi connectivity index (χ0n) is 13.1. The van der Waals surface area contributed by atoms with E-state index in [0.29, 0.717) is 11.8 Å². The smallest absolute Gasteiger partial charge is 0.151 e. The summed E-state index contributed by atoms with van der Waals surface area (Å²) in [5, 5.41) is 11.7. The fraction of sp³-hybridized carbons (Fsp3) is 0.412. The number of nitrogens with zero attached hydrogens (tertiary/aromatic N) is 3. The Bertz CT molecular complexity index is 623. The van der Waals surface area contributed by atoms with E-state index in [1.807, 2.05) is 42.5 Å². The molecule has 23 heavy (non-hydrogen) atoms. The number of aromatic nitrogens is 2. The molecule has 1 saturated heterocycles. The highest BCUT2D eigenvalue weighted by Gasteiger charge is 2.20. The maximum absolute atomic E-state index is 12.2. The first-order chi connectivity index (χ1) is 11.3. The lowest BCUT2D eigenvalue weighted by Crippen LogP contribution is -2.47. The van der Waals surface area contributed by atoms with Crippen LogP contribution in [-0.4, -0.2) is 45.8 Å². The van der Waals surface area contributed by atoms with Gasteiger partial charge in [-0.25, -0.2) is 0 Å². The van der Waals surface area contributed by atoms with Crippen molar-refractivity contribution in [2.75, 3.05) is 30.3 Å².